The van der Waals surface area contributed by atoms with E-state index >= 15 is 0 Å². The van der Waals surface area contributed by atoms with Crippen molar-refractivity contribution in [1.82, 2.24) is 14.8 Å². The number of aryl methyl sites for hydroxylation is 1. The van der Waals surface area contributed by atoms with Crippen molar-refractivity contribution < 1.29 is 9.59 Å². The van der Waals surface area contributed by atoms with Crippen LogP contribution < -0.4 is 5.56 Å². The molecular formula is C19H27N3O3. The zero-order valence-corrected chi connectivity index (χ0v) is 15.2. The molecule has 1 aromatic heterocycles. The fraction of sp³-hybridized carbons (Fsp3) is 0.632. The maximum Gasteiger partial charge on any atom is 0.260 e. The summed E-state index contributed by atoms with van der Waals surface area (Å²) in [6.07, 6.45) is 2.71. The largest absolute Gasteiger partial charge is 0.337 e. The number of aromatic nitrogens is 1. The summed E-state index contributed by atoms with van der Waals surface area (Å²) in [7, 11) is 0. The van der Waals surface area contributed by atoms with E-state index < -0.39 is 0 Å². The lowest BCUT2D eigenvalue weighted by molar-refractivity contribution is -0.133. The van der Waals surface area contributed by atoms with Crippen molar-refractivity contribution in [2.24, 2.45) is 11.8 Å². The van der Waals surface area contributed by atoms with Gasteiger partial charge in [-0.25, -0.2) is 0 Å². The van der Waals surface area contributed by atoms with E-state index in [2.05, 4.69) is 18.8 Å². The lowest BCUT2D eigenvalue weighted by Crippen LogP contribution is -2.48. The third-order valence-electron chi connectivity index (χ3n) is 5.22. The van der Waals surface area contributed by atoms with Crippen LogP contribution in [0.4, 0.5) is 0 Å². The first kappa shape index (κ1) is 17.7. The number of aromatic amines is 1. The maximum atomic E-state index is 12.9. The van der Waals surface area contributed by atoms with Gasteiger partial charge in [-0.1, -0.05) is 13.8 Å². The minimum absolute atomic E-state index is 0.00378. The van der Waals surface area contributed by atoms with Gasteiger partial charge in [-0.3, -0.25) is 14.4 Å². The number of hydrogen-bond acceptors (Lipinski definition) is 3. The van der Waals surface area contributed by atoms with Crippen LogP contribution in [-0.4, -0.2) is 52.3 Å². The van der Waals surface area contributed by atoms with Crippen molar-refractivity contribution in [1.29, 1.82) is 0 Å². The molecule has 25 heavy (non-hydrogen) atoms. The molecule has 136 valence electrons. The number of carbonyl (C=O) groups is 2. The average molecular weight is 345 g/mol. The Labute approximate surface area is 148 Å². The van der Waals surface area contributed by atoms with E-state index in [0.717, 1.165) is 12.2 Å². The second-order valence-electron chi connectivity index (χ2n) is 7.69. The zero-order valence-electron chi connectivity index (χ0n) is 15.2. The fourth-order valence-electron chi connectivity index (χ4n) is 3.46. The molecule has 2 aliphatic rings. The van der Waals surface area contributed by atoms with Gasteiger partial charge in [-0.2, -0.15) is 0 Å². The van der Waals surface area contributed by atoms with Gasteiger partial charge in [0.15, 0.2) is 0 Å². The number of hydrogen-bond donors (Lipinski definition) is 1. The Bertz CT molecular complexity index is 721. The zero-order chi connectivity index (χ0) is 18.1. The number of nitrogens with zero attached hydrogens (tertiary/aromatic N) is 2. The van der Waals surface area contributed by atoms with E-state index in [1.807, 2.05) is 4.90 Å². The highest BCUT2D eigenvalue weighted by Crippen LogP contribution is 2.32. The predicted octanol–water partition coefficient (Wildman–Crippen LogP) is 1.79. The summed E-state index contributed by atoms with van der Waals surface area (Å²) in [5, 5.41) is 0. The molecule has 1 aliphatic carbocycles. The van der Waals surface area contributed by atoms with Crippen LogP contribution in [0.2, 0.25) is 0 Å². The Kier molecular flexibility index (Phi) is 4.97. The molecule has 1 atom stereocenters. The van der Waals surface area contributed by atoms with Crippen LogP contribution in [0, 0.1) is 18.8 Å². The van der Waals surface area contributed by atoms with Crippen LogP contribution in [0.25, 0.3) is 0 Å². The van der Waals surface area contributed by atoms with E-state index in [-0.39, 0.29) is 34.9 Å². The van der Waals surface area contributed by atoms with Gasteiger partial charge in [0.2, 0.25) is 5.91 Å². The quantitative estimate of drug-likeness (QED) is 0.904. The molecule has 0 radical (unpaired) electrons. The van der Waals surface area contributed by atoms with E-state index in [4.69, 9.17) is 0 Å². The third kappa shape index (κ3) is 3.94. The van der Waals surface area contributed by atoms with Crippen LogP contribution in [-0.2, 0) is 4.79 Å². The van der Waals surface area contributed by atoms with Crippen LogP contribution in [0.1, 0.15) is 49.2 Å². The molecule has 1 N–H and O–H groups in total. The highest BCUT2D eigenvalue weighted by molar-refractivity contribution is 5.94. The second kappa shape index (κ2) is 7.02. The Morgan fingerprint density at radius 1 is 1.28 bits per heavy atom. The molecule has 1 saturated heterocycles. The molecule has 0 spiro atoms. The number of pyridine rings is 1. The van der Waals surface area contributed by atoms with Gasteiger partial charge >= 0.3 is 0 Å². The van der Waals surface area contributed by atoms with E-state index in [9.17, 15) is 14.4 Å². The topological polar surface area (TPSA) is 73.5 Å². The van der Waals surface area contributed by atoms with Crippen molar-refractivity contribution >= 4 is 11.8 Å². The molecule has 0 unspecified atom stereocenters. The lowest BCUT2D eigenvalue weighted by Gasteiger charge is -2.34. The highest BCUT2D eigenvalue weighted by Gasteiger charge is 2.37. The van der Waals surface area contributed by atoms with Gasteiger partial charge in [0.1, 0.15) is 5.56 Å². The molecule has 0 aromatic carbocycles. The summed E-state index contributed by atoms with van der Waals surface area (Å²) in [6.45, 7) is 7.62. The summed E-state index contributed by atoms with van der Waals surface area (Å²) >= 11 is 0. The minimum atomic E-state index is -0.364. The Balaban J connectivity index is 1.83. The van der Waals surface area contributed by atoms with E-state index in [0.29, 0.717) is 25.4 Å². The van der Waals surface area contributed by atoms with E-state index in [1.54, 1.807) is 24.0 Å². The molecule has 2 amide bonds. The average Bonchev–Trinajstić information content (AvgIpc) is 3.37. The molecular weight excluding hydrogens is 318 g/mol. The number of rotatable bonds is 4. The van der Waals surface area contributed by atoms with Crippen molar-refractivity contribution in [3.05, 3.63) is 33.7 Å². The van der Waals surface area contributed by atoms with Crippen molar-refractivity contribution in [3.8, 4) is 0 Å². The van der Waals surface area contributed by atoms with Gasteiger partial charge in [0, 0.05) is 31.7 Å². The summed E-state index contributed by atoms with van der Waals surface area (Å²) in [4.78, 5) is 44.0. The Hall–Kier alpha value is -2.11. The third-order valence-corrected chi connectivity index (χ3v) is 5.22. The summed E-state index contributed by atoms with van der Waals surface area (Å²) in [5.74, 6) is 0.714. The van der Waals surface area contributed by atoms with Gasteiger partial charge in [-0.05, 0) is 43.7 Å². The minimum Gasteiger partial charge on any atom is -0.337 e. The van der Waals surface area contributed by atoms with Gasteiger partial charge in [0.25, 0.3) is 11.5 Å². The number of nitrogens with one attached hydrogen (secondary N) is 1. The van der Waals surface area contributed by atoms with Gasteiger partial charge < -0.3 is 14.8 Å². The first-order valence-electron chi connectivity index (χ1n) is 9.15. The molecule has 2 heterocycles. The van der Waals surface area contributed by atoms with Crippen LogP contribution in [0.3, 0.4) is 0 Å². The van der Waals surface area contributed by atoms with Crippen molar-refractivity contribution in [2.45, 2.75) is 46.1 Å². The number of amides is 2. The monoisotopic (exact) mass is 345 g/mol. The van der Waals surface area contributed by atoms with E-state index in [1.165, 1.54) is 12.8 Å². The molecule has 1 aromatic rings. The normalized spacial score (nSPS) is 21.6. The lowest BCUT2D eigenvalue weighted by atomic mass is 10.0. The van der Waals surface area contributed by atoms with Gasteiger partial charge in [-0.15, -0.1) is 0 Å². The smallest absolute Gasteiger partial charge is 0.260 e. The summed E-state index contributed by atoms with van der Waals surface area (Å²) < 4.78 is 0. The first-order chi connectivity index (χ1) is 11.9. The summed E-state index contributed by atoms with van der Waals surface area (Å²) in [5.41, 5.74) is 0.510. The Morgan fingerprint density at radius 2 is 2.00 bits per heavy atom. The summed E-state index contributed by atoms with van der Waals surface area (Å²) in [6, 6.07) is 3.32. The molecule has 6 nitrogen and oxygen atoms in total. The first-order valence-corrected chi connectivity index (χ1v) is 9.15. The SMILES string of the molecule is Cc1ccc(C(=O)N2CCC(=O)N(CC3CC3)[C@H](C(C)C)C2)c(=O)[nH]1. The van der Waals surface area contributed by atoms with Crippen molar-refractivity contribution in [2.75, 3.05) is 19.6 Å². The molecule has 2 fully saturated rings. The fourth-order valence-corrected chi connectivity index (χ4v) is 3.46. The van der Waals surface area contributed by atoms with Crippen LogP contribution >= 0.6 is 0 Å². The number of H-pyrrole nitrogens is 1. The molecule has 6 heteroatoms. The van der Waals surface area contributed by atoms with Crippen LogP contribution in [0.15, 0.2) is 16.9 Å². The Morgan fingerprint density at radius 3 is 2.60 bits per heavy atom. The molecule has 0 bridgehead atoms. The van der Waals surface area contributed by atoms with Gasteiger partial charge in [0.05, 0.1) is 6.04 Å². The molecule has 1 aliphatic heterocycles. The van der Waals surface area contributed by atoms with Crippen LogP contribution in [0.5, 0.6) is 0 Å². The standard InChI is InChI=1S/C19H27N3O3/c1-12(2)16-11-21(9-8-17(23)22(16)10-14-5-6-14)19(25)15-7-4-13(3)20-18(15)24/h4,7,12,14,16H,5-6,8-11H2,1-3H3,(H,20,24)/t16-/m0/s1. The maximum absolute atomic E-state index is 12.9. The molecule has 3 rings (SSSR count). The predicted molar refractivity (Wildman–Crippen MR) is 95.4 cm³/mol. The number of carbonyl (C=O) groups excluding carboxylic acids is 2. The molecule has 1 saturated carbocycles. The van der Waals surface area contributed by atoms with Crippen molar-refractivity contribution in [3.63, 3.8) is 0 Å². The second-order valence-corrected chi connectivity index (χ2v) is 7.69. The highest BCUT2D eigenvalue weighted by atomic mass is 16.2.